The van der Waals surface area contributed by atoms with Gasteiger partial charge in [0, 0.05) is 0 Å². The Balaban J connectivity index is 2.64. The Labute approximate surface area is 80.5 Å². The smallest absolute Gasteiger partial charge is 0.186 e. The van der Waals surface area contributed by atoms with E-state index in [0.717, 1.165) is 13.0 Å². The molecule has 0 saturated heterocycles. The molecule has 0 amide bonds. The Morgan fingerprint density at radius 1 is 1.38 bits per heavy atom. The van der Waals surface area contributed by atoms with Gasteiger partial charge in [-0.15, -0.1) is 0 Å². The van der Waals surface area contributed by atoms with Crippen molar-refractivity contribution in [2.45, 2.75) is 11.3 Å². The van der Waals surface area contributed by atoms with Crippen LogP contribution in [-0.2, 0) is 17.5 Å². The monoisotopic (exact) mass is 199 g/mol. The molecule has 0 spiro atoms. The van der Waals surface area contributed by atoms with Gasteiger partial charge in [-0.25, -0.2) is 4.21 Å². The first-order valence-corrected chi connectivity index (χ1v) is 5.19. The minimum absolute atomic E-state index is 0.452. The third kappa shape index (κ3) is 3.26. The highest BCUT2D eigenvalue weighted by atomic mass is 32.2. The van der Waals surface area contributed by atoms with Crippen LogP contribution in [-0.4, -0.2) is 22.4 Å². The summed E-state index contributed by atoms with van der Waals surface area (Å²) < 4.78 is 19.4. The number of rotatable bonds is 4. The molecule has 2 N–H and O–H groups in total. The quantitative estimate of drug-likeness (QED) is 0.712. The van der Waals surface area contributed by atoms with E-state index in [1.54, 1.807) is 12.1 Å². The zero-order valence-electron chi connectivity index (χ0n) is 7.49. The highest BCUT2D eigenvalue weighted by Crippen LogP contribution is 2.07. The van der Waals surface area contributed by atoms with Crippen LogP contribution < -0.4 is 5.32 Å². The summed E-state index contributed by atoms with van der Waals surface area (Å²) in [6, 6.07) is 7.11. The topological polar surface area (TPSA) is 49.3 Å². The molecule has 0 fully saturated rings. The van der Waals surface area contributed by atoms with Crippen molar-refractivity contribution in [2.75, 3.05) is 13.6 Å². The first-order valence-electron chi connectivity index (χ1n) is 4.08. The van der Waals surface area contributed by atoms with E-state index in [9.17, 15) is 4.21 Å². The van der Waals surface area contributed by atoms with Gasteiger partial charge in [0.15, 0.2) is 11.1 Å². The van der Waals surface area contributed by atoms with Crippen LogP contribution in [0.4, 0.5) is 0 Å². The van der Waals surface area contributed by atoms with Gasteiger partial charge in [-0.1, -0.05) is 12.1 Å². The molecule has 4 heteroatoms. The average molecular weight is 199 g/mol. The second-order valence-electron chi connectivity index (χ2n) is 2.75. The van der Waals surface area contributed by atoms with Crippen molar-refractivity contribution in [3.63, 3.8) is 0 Å². The van der Waals surface area contributed by atoms with Gasteiger partial charge in [0.25, 0.3) is 0 Å². The minimum Gasteiger partial charge on any atom is -0.319 e. The second kappa shape index (κ2) is 5.11. The molecule has 1 rings (SSSR count). The Bertz CT molecular complexity index is 284. The van der Waals surface area contributed by atoms with Crippen LogP contribution in [0, 0.1) is 0 Å². The zero-order chi connectivity index (χ0) is 9.68. The van der Waals surface area contributed by atoms with Gasteiger partial charge in [-0.05, 0) is 37.7 Å². The predicted octanol–water partition coefficient (Wildman–Crippen LogP) is 1.03. The van der Waals surface area contributed by atoms with Crippen molar-refractivity contribution in [3.05, 3.63) is 29.8 Å². The number of benzene rings is 1. The standard InChI is InChI=1S/C9H13NO2S/c1-10-7-6-8-2-4-9(5-3-8)13(11)12/h2-5,10H,6-7H2,1H3,(H,11,12). The Morgan fingerprint density at radius 2 is 2.00 bits per heavy atom. The van der Waals surface area contributed by atoms with Gasteiger partial charge in [-0.3, -0.25) is 0 Å². The maximum atomic E-state index is 10.6. The summed E-state index contributed by atoms with van der Waals surface area (Å²) in [5, 5.41) is 3.04. The molecule has 0 saturated carbocycles. The van der Waals surface area contributed by atoms with E-state index in [1.807, 2.05) is 19.2 Å². The lowest BCUT2D eigenvalue weighted by molar-refractivity contribution is 0.564. The molecule has 0 bridgehead atoms. The van der Waals surface area contributed by atoms with Gasteiger partial charge in [0.1, 0.15) is 0 Å². The minimum atomic E-state index is -1.86. The first-order chi connectivity index (χ1) is 6.24. The van der Waals surface area contributed by atoms with Crippen LogP contribution in [0.15, 0.2) is 29.2 Å². The summed E-state index contributed by atoms with van der Waals surface area (Å²) in [6.45, 7) is 0.918. The lowest BCUT2D eigenvalue weighted by Crippen LogP contribution is -2.10. The lowest BCUT2D eigenvalue weighted by atomic mass is 10.1. The van der Waals surface area contributed by atoms with Crippen molar-refractivity contribution in [1.82, 2.24) is 5.32 Å². The largest absolute Gasteiger partial charge is 0.319 e. The van der Waals surface area contributed by atoms with Gasteiger partial charge in [0.05, 0.1) is 4.90 Å². The summed E-state index contributed by atoms with van der Waals surface area (Å²) in [5.41, 5.74) is 1.17. The molecule has 0 radical (unpaired) electrons. The molecule has 13 heavy (non-hydrogen) atoms. The van der Waals surface area contributed by atoms with Gasteiger partial charge in [0.2, 0.25) is 0 Å². The summed E-state index contributed by atoms with van der Waals surface area (Å²) in [7, 11) is 1.90. The first kappa shape index (κ1) is 10.4. The lowest BCUT2D eigenvalue weighted by Gasteiger charge is -2.00. The fourth-order valence-electron chi connectivity index (χ4n) is 1.04. The molecule has 1 unspecified atom stereocenters. The van der Waals surface area contributed by atoms with Crippen LogP contribution in [0.1, 0.15) is 5.56 Å². The normalized spacial score (nSPS) is 12.8. The summed E-state index contributed by atoms with van der Waals surface area (Å²) in [6.07, 6.45) is 0.939. The van der Waals surface area contributed by atoms with Crippen LogP contribution in [0.2, 0.25) is 0 Å². The highest BCUT2D eigenvalue weighted by Gasteiger charge is 1.98. The molecule has 0 aliphatic rings. The Morgan fingerprint density at radius 3 is 2.46 bits per heavy atom. The molecule has 1 aromatic carbocycles. The predicted molar refractivity (Wildman–Crippen MR) is 53.1 cm³/mol. The fourth-order valence-corrected chi connectivity index (χ4v) is 1.41. The molecule has 1 aromatic rings. The highest BCUT2D eigenvalue weighted by molar-refractivity contribution is 7.79. The molecule has 0 aromatic heterocycles. The molecule has 0 aliphatic carbocycles. The average Bonchev–Trinajstić information content (AvgIpc) is 2.15. The van der Waals surface area contributed by atoms with Gasteiger partial charge < -0.3 is 9.87 Å². The number of likely N-dealkylation sites (N-methyl/N-ethyl adjacent to an activating group) is 1. The Kier molecular flexibility index (Phi) is 4.08. The van der Waals surface area contributed by atoms with E-state index in [0.29, 0.717) is 4.90 Å². The van der Waals surface area contributed by atoms with Crippen molar-refractivity contribution in [2.24, 2.45) is 0 Å². The fraction of sp³-hybridized carbons (Fsp3) is 0.333. The van der Waals surface area contributed by atoms with Crippen molar-refractivity contribution < 1.29 is 8.76 Å². The summed E-state index contributed by atoms with van der Waals surface area (Å²) >= 11 is -1.86. The molecule has 3 nitrogen and oxygen atoms in total. The molecule has 0 heterocycles. The van der Waals surface area contributed by atoms with Crippen molar-refractivity contribution >= 4 is 11.1 Å². The third-order valence-corrected chi connectivity index (χ3v) is 2.46. The van der Waals surface area contributed by atoms with Gasteiger partial charge >= 0.3 is 0 Å². The van der Waals surface area contributed by atoms with Crippen molar-refractivity contribution in [1.29, 1.82) is 0 Å². The Hall–Kier alpha value is -0.710. The maximum Gasteiger partial charge on any atom is 0.186 e. The van der Waals surface area contributed by atoms with E-state index < -0.39 is 11.1 Å². The van der Waals surface area contributed by atoms with Gasteiger partial charge in [-0.2, -0.15) is 0 Å². The van der Waals surface area contributed by atoms with Crippen LogP contribution in [0.3, 0.4) is 0 Å². The number of nitrogens with one attached hydrogen (secondary N) is 1. The molecular formula is C9H13NO2S. The molecule has 1 atom stereocenters. The van der Waals surface area contributed by atoms with Crippen molar-refractivity contribution in [3.8, 4) is 0 Å². The van der Waals surface area contributed by atoms with E-state index in [-0.39, 0.29) is 0 Å². The molecule has 0 aliphatic heterocycles. The number of hydrogen-bond acceptors (Lipinski definition) is 2. The summed E-state index contributed by atoms with van der Waals surface area (Å²) in [5.74, 6) is 0. The summed E-state index contributed by atoms with van der Waals surface area (Å²) in [4.78, 5) is 0.452. The third-order valence-electron chi connectivity index (χ3n) is 1.79. The van der Waals surface area contributed by atoms with Crippen LogP contribution >= 0.6 is 0 Å². The SMILES string of the molecule is CNCCc1ccc(S(=O)O)cc1. The van der Waals surface area contributed by atoms with Crippen LogP contribution in [0.5, 0.6) is 0 Å². The van der Waals surface area contributed by atoms with Crippen LogP contribution in [0.25, 0.3) is 0 Å². The number of hydrogen-bond donors (Lipinski definition) is 2. The zero-order valence-corrected chi connectivity index (χ0v) is 8.30. The maximum absolute atomic E-state index is 10.6. The van der Waals surface area contributed by atoms with E-state index in [4.69, 9.17) is 4.55 Å². The second-order valence-corrected chi connectivity index (χ2v) is 3.72. The van der Waals surface area contributed by atoms with E-state index in [2.05, 4.69) is 5.32 Å². The molecule has 72 valence electrons. The molecular weight excluding hydrogens is 186 g/mol. The van der Waals surface area contributed by atoms with E-state index in [1.165, 1.54) is 5.56 Å². The van der Waals surface area contributed by atoms with E-state index >= 15 is 0 Å².